The van der Waals surface area contributed by atoms with E-state index in [2.05, 4.69) is 15.6 Å². The van der Waals surface area contributed by atoms with E-state index in [1.54, 1.807) is 22.8 Å². The number of halogens is 2. The Bertz CT molecular complexity index is 909. The van der Waals surface area contributed by atoms with Crippen LogP contribution in [-0.4, -0.2) is 25.5 Å². The fourth-order valence-corrected chi connectivity index (χ4v) is 3.27. The zero-order valence-corrected chi connectivity index (χ0v) is 16.8. The van der Waals surface area contributed by atoms with Crippen molar-refractivity contribution in [2.75, 3.05) is 6.54 Å². The Labute approximate surface area is 163 Å². The van der Waals surface area contributed by atoms with Gasteiger partial charge in [0.1, 0.15) is 5.15 Å². The van der Waals surface area contributed by atoms with Crippen LogP contribution in [0.5, 0.6) is 0 Å². The molecule has 0 aliphatic carbocycles. The van der Waals surface area contributed by atoms with Crippen molar-refractivity contribution in [2.45, 2.75) is 24.9 Å². The first-order valence-corrected chi connectivity index (χ1v) is 10.2. The van der Waals surface area contributed by atoms with Crippen LogP contribution in [0.4, 0.5) is 0 Å². The van der Waals surface area contributed by atoms with Gasteiger partial charge < -0.3 is 15.2 Å². The van der Waals surface area contributed by atoms with Crippen LogP contribution in [0, 0.1) is 0 Å². The number of nitrogens with zero attached hydrogens (tertiary/aromatic N) is 2. The topological polar surface area (TPSA) is 102 Å². The highest BCUT2D eigenvalue weighted by atomic mass is 35.5. The van der Waals surface area contributed by atoms with Crippen LogP contribution in [0.2, 0.25) is 10.2 Å². The van der Waals surface area contributed by atoms with Gasteiger partial charge in [0.15, 0.2) is 5.96 Å². The molecule has 0 aliphatic heterocycles. The smallest absolute Gasteiger partial charge is 0.238 e. The maximum absolute atomic E-state index is 11.4. The van der Waals surface area contributed by atoms with Crippen molar-refractivity contribution in [3.05, 3.63) is 51.8 Å². The molecule has 7 nitrogen and oxygen atoms in total. The lowest BCUT2D eigenvalue weighted by Crippen LogP contribution is -2.37. The number of hydrogen-bond acceptors (Lipinski definition) is 3. The number of sulfonamides is 1. The third-order valence-electron chi connectivity index (χ3n) is 3.64. The summed E-state index contributed by atoms with van der Waals surface area (Å²) in [4.78, 5) is 4.53. The van der Waals surface area contributed by atoms with Crippen molar-refractivity contribution in [3.8, 4) is 0 Å². The number of guanidine groups is 1. The van der Waals surface area contributed by atoms with Gasteiger partial charge in [0, 0.05) is 19.3 Å². The molecule has 0 saturated heterocycles. The van der Waals surface area contributed by atoms with Crippen LogP contribution >= 0.6 is 23.2 Å². The maximum Gasteiger partial charge on any atom is 0.238 e. The summed E-state index contributed by atoms with van der Waals surface area (Å²) in [5, 5.41) is 12.4. The number of aromatic nitrogens is 1. The van der Waals surface area contributed by atoms with E-state index in [0.29, 0.717) is 35.8 Å². The first-order chi connectivity index (χ1) is 12.2. The number of benzene rings is 1. The molecule has 26 heavy (non-hydrogen) atoms. The molecule has 10 heteroatoms. The second-order valence-electron chi connectivity index (χ2n) is 5.57. The minimum absolute atomic E-state index is 0.0660. The number of hydrogen-bond donors (Lipinski definition) is 3. The number of nitrogens with two attached hydrogens (primary N) is 1. The van der Waals surface area contributed by atoms with E-state index < -0.39 is 10.0 Å². The van der Waals surface area contributed by atoms with Crippen LogP contribution in [0.25, 0.3) is 0 Å². The summed E-state index contributed by atoms with van der Waals surface area (Å²) in [6.45, 7) is 3.41. The van der Waals surface area contributed by atoms with Gasteiger partial charge in [-0.2, -0.15) is 0 Å². The molecule has 0 bridgehead atoms. The molecule has 0 aliphatic rings. The molecule has 1 aromatic carbocycles. The van der Waals surface area contributed by atoms with Crippen molar-refractivity contribution in [1.29, 1.82) is 0 Å². The Morgan fingerprint density at radius 3 is 2.58 bits per heavy atom. The highest BCUT2D eigenvalue weighted by Crippen LogP contribution is 2.24. The molecule has 1 heterocycles. The third kappa shape index (κ3) is 5.38. The van der Waals surface area contributed by atoms with E-state index in [1.807, 2.05) is 14.0 Å². The van der Waals surface area contributed by atoms with Crippen LogP contribution in [0.1, 0.15) is 18.2 Å². The molecule has 4 N–H and O–H groups in total. The molecule has 0 fully saturated rings. The van der Waals surface area contributed by atoms with Gasteiger partial charge in [0.05, 0.1) is 23.0 Å². The Balaban J connectivity index is 2.10. The van der Waals surface area contributed by atoms with Crippen molar-refractivity contribution in [3.63, 3.8) is 0 Å². The lowest BCUT2D eigenvalue weighted by Gasteiger charge is -2.12. The first kappa shape index (κ1) is 20.6. The fraction of sp³-hybridized carbons (Fsp3) is 0.312. The molecular formula is C16H21Cl2N5O2S. The van der Waals surface area contributed by atoms with E-state index in [0.717, 1.165) is 11.3 Å². The van der Waals surface area contributed by atoms with Crippen LogP contribution < -0.4 is 15.8 Å². The number of nitrogens with one attached hydrogen (secondary N) is 2. The van der Waals surface area contributed by atoms with Gasteiger partial charge in [-0.05, 0) is 30.7 Å². The molecule has 0 unspecified atom stereocenters. The third-order valence-corrected chi connectivity index (χ3v) is 5.40. The Morgan fingerprint density at radius 2 is 2.00 bits per heavy atom. The van der Waals surface area contributed by atoms with Crippen molar-refractivity contribution < 1.29 is 8.42 Å². The summed E-state index contributed by atoms with van der Waals surface area (Å²) in [6, 6.07) is 8.18. The van der Waals surface area contributed by atoms with Gasteiger partial charge in [0.2, 0.25) is 10.0 Å². The van der Waals surface area contributed by atoms with Gasteiger partial charge in [0.25, 0.3) is 0 Å². The highest BCUT2D eigenvalue weighted by Gasteiger charge is 2.10. The zero-order valence-electron chi connectivity index (χ0n) is 14.5. The van der Waals surface area contributed by atoms with Crippen LogP contribution in [-0.2, 0) is 30.2 Å². The van der Waals surface area contributed by atoms with E-state index in [9.17, 15) is 8.42 Å². The maximum atomic E-state index is 11.4. The summed E-state index contributed by atoms with van der Waals surface area (Å²) in [5.41, 5.74) is 1.64. The standard InChI is InChI=1S/C16H21Cl2N5O2S/c1-3-20-16(22-10-12-8-14(17)15(18)23(12)2)21-9-11-5-4-6-13(7-11)26(19,24)25/h4-8H,3,9-10H2,1-2H3,(H2,19,24,25)(H2,20,21,22). The SMILES string of the molecule is CCNC(=NCc1cccc(S(N)(=O)=O)c1)NCc1cc(Cl)c(Cl)n1C. The Hall–Kier alpha value is -1.74. The quantitative estimate of drug-likeness (QED) is 0.495. The largest absolute Gasteiger partial charge is 0.357 e. The summed E-state index contributed by atoms with van der Waals surface area (Å²) >= 11 is 12.1. The Morgan fingerprint density at radius 1 is 1.27 bits per heavy atom. The van der Waals surface area contributed by atoms with E-state index in [-0.39, 0.29) is 4.90 Å². The van der Waals surface area contributed by atoms with Crippen molar-refractivity contribution in [1.82, 2.24) is 15.2 Å². The first-order valence-electron chi connectivity index (χ1n) is 7.86. The molecule has 0 atom stereocenters. The van der Waals surface area contributed by atoms with Gasteiger partial charge in [-0.25, -0.2) is 18.5 Å². The molecule has 142 valence electrons. The molecule has 0 amide bonds. The molecule has 0 saturated carbocycles. The summed E-state index contributed by atoms with van der Waals surface area (Å²) < 4.78 is 24.7. The van der Waals surface area contributed by atoms with Crippen LogP contribution in [0.3, 0.4) is 0 Å². The predicted molar refractivity (Wildman–Crippen MR) is 105 cm³/mol. The average Bonchev–Trinajstić information content (AvgIpc) is 2.84. The second-order valence-corrected chi connectivity index (χ2v) is 7.90. The highest BCUT2D eigenvalue weighted by molar-refractivity contribution is 7.89. The number of primary sulfonamides is 1. The van der Waals surface area contributed by atoms with Gasteiger partial charge in [-0.15, -0.1) is 0 Å². The minimum atomic E-state index is -3.73. The summed E-state index contributed by atoms with van der Waals surface area (Å²) in [7, 11) is -1.91. The molecule has 2 rings (SSSR count). The van der Waals surface area contributed by atoms with Crippen LogP contribution in [0.15, 0.2) is 40.2 Å². The zero-order chi connectivity index (χ0) is 19.3. The van der Waals surface area contributed by atoms with Crippen molar-refractivity contribution in [2.24, 2.45) is 17.2 Å². The molecule has 0 spiro atoms. The molecule has 1 aromatic heterocycles. The lowest BCUT2D eigenvalue weighted by atomic mass is 10.2. The monoisotopic (exact) mass is 417 g/mol. The van der Waals surface area contributed by atoms with Gasteiger partial charge >= 0.3 is 0 Å². The number of aliphatic imine (C=N–C) groups is 1. The fourth-order valence-electron chi connectivity index (χ4n) is 2.27. The predicted octanol–water partition coefficient (Wildman–Crippen LogP) is 2.23. The normalized spacial score (nSPS) is 12.3. The van der Waals surface area contributed by atoms with E-state index >= 15 is 0 Å². The Kier molecular flexibility index (Phi) is 6.94. The lowest BCUT2D eigenvalue weighted by molar-refractivity contribution is 0.597. The van der Waals surface area contributed by atoms with E-state index in [1.165, 1.54) is 12.1 Å². The molecular weight excluding hydrogens is 397 g/mol. The second kappa shape index (κ2) is 8.77. The number of rotatable bonds is 6. The van der Waals surface area contributed by atoms with Gasteiger partial charge in [-0.1, -0.05) is 35.3 Å². The van der Waals surface area contributed by atoms with Crippen molar-refractivity contribution >= 4 is 39.2 Å². The summed E-state index contributed by atoms with van der Waals surface area (Å²) in [5.74, 6) is 0.585. The van der Waals surface area contributed by atoms with Gasteiger partial charge in [-0.3, -0.25) is 0 Å². The summed E-state index contributed by atoms with van der Waals surface area (Å²) in [6.07, 6.45) is 0. The molecule has 2 aromatic rings. The average molecular weight is 418 g/mol. The molecule has 0 radical (unpaired) electrons. The minimum Gasteiger partial charge on any atom is -0.357 e. The van der Waals surface area contributed by atoms with E-state index in [4.69, 9.17) is 28.3 Å².